The maximum Gasteiger partial charge on any atom is 0.162 e. The Kier molecular flexibility index (Phi) is 11.5. The molecule has 0 saturated heterocycles. The summed E-state index contributed by atoms with van der Waals surface area (Å²) in [5, 5.41) is 11.8. The van der Waals surface area contributed by atoms with Crippen LogP contribution in [0.2, 0.25) is 0 Å². The fourth-order valence-corrected chi connectivity index (χ4v) is 14.5. The van der Waals surface area contributed by atoms with Gasteiger partial charge < -0.3 is 9.13 Å². The lowest BCUT2D eigenvalue weighted by atomic mass is 10.00. The molecule has 0 N–H and O–H groups in total. The van der Waals surface area contributed by atoms with Gasteiger partial charge in [0.15, 0.2) is 11.6 Å². The van der Waals surface area contributed by atoms with Gasteiger partial charge >= 0.3 is 0 Å². The molecule has 8 heteroatoms. The van der Waals surface area contributed by atoms with Crippen molar-refractivity contribution in [2.24, 2.45) is 0 Å². The van der Waals surface area contributed by atoms with E-state index in [0.29, 0.717) is 11.6 Å². The first-order valence-corrected chi connectivity index (χ1v) is 31.2. The molecule has 0 atom stereocenters. The van der Waals surface area contributed by atoms with E-state index in [9.17, 15) is 0 Å². The lowest BCUT2D eigenvalue weighted by Crippen LogP contribution is -2.02. The number of para-hydroxylation sites is 4. The minimum atomic E-state index is 0.636. The first-order valence-electron chi connectivity index (χ1n) is 31.2. The van der Waals surface area contributed by atoms with Crippen molar-refractivity contribution in [1.82, 2.24) is 38.2 Å². The quantitative estimate of drug-likeness (QED) is 0.144. The zero-order valence-electron chi connectivity index (χ0n) is 49.6. The van der Waals surface area contributed by atoms with Gasteiger partial charge in [-0.25, -0.2) is 19.9 Å². The van der Waals surface area contributed by atoms with E-state index in [1.165, 1.54) is 37.7 Å². The van der Waals surface area contributed by atoms with Crippen molar-refractivity contribution in [3.63, 3.8) is 0 Å². The van der Waals surface area contributed by atoms with Gasteiger partial charge in [-0.15, -0.1) is 0 Å². The van der Waals surface area contributed by atoms with Crippen LogP contribution in [0, 0.1) is 0 Å². The average molecular weight is 1170 g/mol. The van der Waals surface area contributed by atoms with Gasteiger partial charge in [-0.1, -0.05) is 224 Å². The largest absolute Gasteiger partial charge is 0.309 e. The van der Waals surface area contributed by atoms with Crippen molar-refractivity contribution in [3.8, 4) is 79.4 Å². The van der Waals surface area contributed by atoms with Gasteiger partial charge in [-0.2, -0.15) is 0 Å². The molecule has 19 aromatic rings. The van der Waals surface area contributed by atoms with Gasteiger partial charge in [0.1, 0.15) is 11.6 Å². The summed E-state index contributed by atoms with van der Waals surface area (Å²) in [5.41, 5.74) is 18.8. The van der Waals surface area contributed by atoms with Crippen molar-refractivity contribution in [2.45, 2.75) is 0 Å². The van der Waals surface area contributed by atoms with Gasteiger partial charge in [0.25, 0.3) is 0 Å². The Morgan fingerprint density at radius 1 is 0.196 bits per heavy atom. The molecule has 0 bridgehead atoms. The number of rotatable bonds is 9. The second kappa shape index (κ2) is 20.5. The molecule has 19 rings (SSSR count). The zero-order valence-corrected chi connectivity index (χ0v) is 49.6. The van der Waals surface area contributed by atoms with Crippen LogP contribution in [0.1, 0.15) is 0 Å². The number of hydrogen-bond donors (Lipinski definition) is 0. The number of benzene rings is 13. The highest BCUT2D eigenvalue weighted by molar-refractivity contribution is 6.30. The number of fused-ring (bicyclic) bond motifs is 15. The molecule has 0 aliphatic heterocycles. The maximum atomic E-state index is 5.61. The van der Waals surface area contributed by atoms with Crippen LogP contribution in [0.15, 0.2) is 315 Å². The van der Waals surface area contributed by atoms with E-state index < -0.39 is 0 Å². The van der Waals surface area contributed by atoms with Crippen LogP contribution in [0.3, 0.4) is 0 Å². The molecular weight excluding hydrogens is 1120 g/mol. The van der Waals surface area contributed by atoms with E-state index in [-0.39, 0.29) is 0 Å². The molecule has 0 radical (unpaired) electrons. The molecule has 13 aromatic carbocycles. The van der Waals surface area contributed by atoms with Crippen LogP contribution in [0.25, 0.3) is 177 Å². The Hall–Kier alpha value is -12.5. The van der Waals surface area contributed by atoms with Crippen LogP contribution in [0.4, 0.5) is 0 Å². The van der Waals surface area contributed by atoms with Gasteiger partial charge in [0.05, 0.1) is 55.5 Å². The predicted octanol–water partition coefficient (Wildman–Crippen LogP) is 21.1. The number of nitrogens with zero attached hydrogens (tertiary/aromatic N) is 8. The molecule has 6 heterocycles. The molecule has 92 heavy (non-hydrogen) atoms. The van der Waals surface area contributed by atoms with E-state index in [2.05, 4.69) is 309 Å². The molecular formula is C84H52N8. The standard InChI is InChI=1S/C84H52N8/c1-5-23-54(24-6-1)67-51-77(87-83(85-67)56-27-9-3-10-28-56)91-71-39-20-17-36-65(71)81-75(91)46-44-72-82(81)66-43-41-59(50-76(66)89(72)61-32-11-4-12-33-61)57-30-21-31-60(48-57)84-86-68(55-25-7-2-8-26-55)52-78(88-84)92-70-38-19-16-35-64(70)80-74(92)47-45-73-79(80)63-34-15-18-37-69(63)90(73)62-42-40-53-22-13-14-29-58(53)49-62/h1-52H. The topological polar surface area (TPSA) is 71.3 Å². The third-order valence-corrected chi connectivity index (χ3v) is 18.6. The lowest BCUT2D eigenvalue weighted by molar-refractivity contribution is 1.05. The third-order valence-electron chi connectivity index (χ3n) is 18.6. The van der Waals surface area contributed by atoms with Gasteiger partial charge in [0.2, 0.25) is 0 Å². The summed E-state index contributed by atoms with van der Waals surface area (Å²) in [6.07, 6.45) is 0. The van der Waals surface area contributed by atoms with Crippen LogP contribution >= 0.6 is 0 Å². The summed E-state index contributed by atoms with van der Waals surface area (Å²) in [4.78, 5) is 21.6. The summed E-state index contributed by atoms with van der Waals surface area (Å²) in [6, 6.07) is 113. The minimum absolute atomic E-state index is 0.636. The summed E-state index contributed by atoms with van der Waals surface area (Å²) in [6.45, 7) is 0. The number of hydrogen-bond acceptors (Lipinski definition) is 4. The number of aromatic nitrogens is 8. The first-order chi connectivity index (χ1) is 45.6. The van der Waals surface area contributed by atoms with Crippen LogP contribution in [0.5, 0.6) is 0 Å². The highest BCUT2D eigenvalue weighted by atomic mass is 15.1. The SMILES string of the molecule is c1ccc(-c2cc(-n3c4ccccc4c4c5c6ccccc6n(-c6ccc7ccccc7c6)c5ccc43)nc(-c3cccc(-c4ccc5c6c7c8ccccc8n(-c8cc(-c9ccccc9)nc(-c9ccccc9)n8)c7ccc6n(-c6ccccc6)c5c4)c3)n2)cc1. The highest BCUT2D eigenvalue weighted by Crippen LogP contribution is 2.46. The van der Waals surface area contributed by atoms with E-state index in [1.54, 1.807) is 0 Å². The van der Waals surface area contributed by atoms with E-state index >= 15 is 0 Å². The summed E-state index contributed by atoms with van der Waals surface area (Å²) in [7, 11) is 0. The molecule has 6 aromatic heterocycles. The lowest BCUT2D eigenvalue weighted by Gasteiger charge is -2.13. The monoisotopic (exact) mass is 1170 g/mol. The zero-order chi connectivity index (χ0) is 60.4. The summed E-state index contributed by atoms with van der Waals surface area (Å²) in [5.74, 6) is 2.90. The fourth-order valence-electron chi connectivity index (χ4n) is 14.5. The summed E-state index contributed by atoms with van der Waals surface area (Å²) >= 11 is 0. The highest BCUT2D eigenvalue weighted by Gasteiger charge is 2.25. The van der Waals surface area contributed by atoms with Crippen LogP contribution < -0.4 is 0 Å². The normalized spacial score (nSPS) is 11.9. The molecule has 0 saturated carbocycles. The van der Waals surface area contributed by atoms with Crippen LogP contribution in [-0.4, -0.2) is 38.2 Å². The molecule has 0 spiro atoms. The molecule has 8 nitrogen and oxygen atoms in total. The smallest absolute Gasteiger partial charge is 0.162 e. The Morgan fingerprint density at radius 3 is 1.15 bits per heavy atom. The average Bonchev–Trinajstić information content (AvgIpc) is 1.56. The molecule has 0 aliphatic carbocycles. The first kappa shape index (κ1) is 51.5. The maximum absolute atomic E-state index is 5.61. The van der Waals surface area contributed by atoms with Crippen molar-refractivity contribution >= 4 is 98.0 Å². The van der Waals surface area contributed by atoms with Gasteiger partial charge in [0, 0.05) is 88.9 Å². The van der Waals surface area contributed by atoms with Gasteiger partial charge in [-0.3, -0.25) is 9.13 Å². The van der Waals surface area contributed by atoms with Crippen molar-refractivity contribution < 1.29 is 0 Å². The molecule has 0 amide bonds. The van der Waals surface area contributed by atoms with E-state index in [1.807, 2.05) is 24.3 Å². The third kappa shape index (κ3) is 8.04. The second-order valence-corrected chi connectivity index (χ2v) is 23.7. The fraction of sp³-hybridized carbons (Fsp3) is 0. The molecule has 0 aliphatic rings. The minimum Gasteiger partial charge on any atom is -0.309 e. The Bertz CT molecular complexity index is 6120. The van der Waals surface area contributed by atoms with Crippen LogP contribution in [-0.2, 0) is 0 Å². The second-order valence-electron chi connectivity index (χ2n) is 23.7. The van der Waals surface area contributed by atoms with Crippen molar-refractivity contribution in [1.29, 1.82) is 0 Å². The van der Waals surface area contributed by atoms with E-state index in [4.69, 9.17) is 19.9 Å². The predicted molar refractivity (Wildman–Crippen MR) is 380 cm³/mol. The van der Waals surface area contributed by atoms with Crippen molar-refractivity contribution in [3.05, 3.63) is 315 Å². The molecule has 428 valence electrons. The summed E-state index contributed by atoms with van der Waals surface area (Å²) < 4.78 is 9.52. The molecule has 0 fully saturated rings. The Labute approximate surface area is 528 Å². The van der Waals surface area contributed by atoms with E-state index in [0.717, 1.165) is 128 Å². The van der Waals surface area contributed by atoms with Gasteiger partial charge in [-0.05, 0) is 101 Å². The van der Waals surface area contributed by atoms with Crippen molar-refractivity contribution in [2.75, 3.05) is 0 Å². The molecule has 0 unspecified atom stereocenters. The Morgan fingerprint density at radius 2 is 0.598 bits per heavy atom. The Balaban J connectivity index is 0.788.